The highest BCUT2D eigenvalue weighted by atomic mass is 16.5. The molecule has 0 aromatic rings. The van der Waals surface area contributed by atoms with Crippen molar-refractivity contribution < 1.29 is 14.3 Å². The number of rotatable bonds is 3. The van der Waals surface area contributed by atoms with Crippen molar-refractivity contribution in [3.05, 3.63) is 0 Å². The number of ether oxygens (including phenoxy) is 1. The summed E-state index contributed by atoms with van der Waals surface area (Å²) < 4.78 is 6.18. The predicted molar refractivity (Wildman–Crippen MR) is 62.5 cm³/mol. The fourth-order valence-corrected chi connectivity index (χ4v) is 4.86. The zero-order chi connectivity index (χ0) is 12.4. The quantitative estimate of drug-likeness (QED) is 0.704. The van der Waals surface area contributed by atoms with Crippen LogP contribution in [0.1, 0.15) is 40.0 Å². The van der Waals surface area contributed by atoms with Crippen LogP contribution in [0.5, 0.6) is 0 Å². The number of Topliss-reactive ketones (excluding diaryl/α,β-unsaturated/α-hetero) is 1. The SMILES string of the molecule is CC(=O)CC1C2OC3(C)CC1(C=O)CC3[C@@H]2C. The Labute approximate surface area is 102 Å². The Kier molecular flexibility index (Phi) is 2.14. The van der Waals surface area contributed by atoms with Crippen molar-refractivity contribution in [1.82, 2.24) is 0 Å². The summed E-state index contributed by atoms with van der Waals surface area (Å²) in [5.41, 5.74) is -0.390. The van der Waals surface area contributed by atoms with E-state index in [1.54, 1.807) is 6.92 Å². The standard InChI is InChI=1S/C14H20O3/c1-8(16)4-10-12-9(2)11-5-14(10,7-15)6-13(11,3)17-12/h7,9-12H,4-6H2,1-3H3/t9-,10?,11?,12?,13?,14?/m0/s1. The summed E-state index contributed by atoms with van der Waals surface area (Å²) >= 11 is 0. The molecule has 2 heterocycles. The number of hydrogen-bond donors (Lipinski definition) is 0. The third-order valence-electron chi connectivity index (χ3n) is 5.50. The van der Waals surface area contributed by atoms with Crippen molar-refractivity contribution in [2.24, 2.45) is 23.2 Å². The third-order valence-corrected chi connectivity index (χ3v) is 5.50. The molecule has 4 rings (SSSR count). The maximum atomic E-state index is 11.6. The van der Waals surface area contributed by atoms with Crippen molar-refractivity contribution in [1.29, 1.82) is 0 Å². The van der Waals surface area contributed by atoms with Gasteiger partial charge >= 0.3 is 0 Å². The van der Waals surface area contributed by atoms with Crippen LogP contribution in [0.15, 0.2) is 0 Å². The molecule has 0 N–H and O–H groups in total. The van der Waals surface area contributed by atoms with Gasteiger partial charge in [-0.1, -0.05) is 6.92 Å². The Morgan fingerprint density at radius 2 is 2.24 bits per heavy atom. The molecule has 17 heavy (non-hydrogen) atoms. The summed E-state index contributed by atoms with van der Waals surface area (Å²) in [6, 6.07) is 0. The van der Waals surface area contributed by atoms with E-state index >= 15 is 0 Å². The van der Waals surface area contributed by atoms with Crippen LogP contribution in [0.2, 0.25) is 0 Å². The van der Waals surface area contributed by atoms with E-state index in [4.69, 9.17) is 4.74 Å². The summed E-state index contributed by atoms with van der Waals surface area (Å²) in [4.78, 5) is 23.0. The van der Waals surface area contributed by atoms with Gasteiger partial charge in [-0.15, -0.1) is 0 Å². The van der Waals surface area contributed by atoms with Gasteiger partial charge in [0.1, 0.15) is 12.1 Å². The van der Waals surface area contributed by atoms with Crippen LogP contribution in [0, 0.1) is 23.2 Å². The van der Waals surface area contributed by atoms with Gasteiger partial charge in [-0.2, -0.15) is 0 Å². The van der Waals surface area contributed by atoms with E-state index in [-0.39, 0.29) is 28.8 Å². The van der Waals surface area contributed by atoms with Crippen molar-refractivity contribution >= 4 is 12.1 Å². The number of carbonyl (C=O) groups excluding carboxylic acids is 2. The molecule has 0 spiro atoms. The molecule has 94 valence electrons. The molecule has 4 fully saturated rings. The molecule has 3 heteroatoms. The Morgan fingerprint density at radius 1 is 1.53 bits per heavy atom. The molecule has 0 amide bonds. The number of carbonyl (C=O) groups is 2. The van der Waals surface area contributed by atoms with Gasteiger partial charge < -0.3 is 14.3 Å². The van der Waals surface area contributed by atoms with Crippen LogP contribution < -0.4 is 0 Å². The third kappa shape index (κ3) is 1.26. The molecule has 6 atom stereocenters. The first-order valence-electron chi connectivity index (χ1n) is 6.55. The second kappa shape index (κ2) is 3.19. The van der Waals surface area contributed by atoms with Crippen LogP contribution in [-0.4, -0.2) is 23.8 Å². The second-order valence-corrected chi connectivity index (χ2v) is 6.61. The number of hydrogen-bond acceptors (Lipinski definition) is 3. The minimum absolute atomic E-state index is 0.110. The van der Waals surface area contributed by atoms with Crippen molar-refractivity contribution in [2.75, 3.05) is 0 Å². The van der Waals surface area contributed by atoms with Crippen LogP contribution in [0.25, 0.3) is 0 Å². The molecular formula is C14H20O3. The van der Waals surface area contributed by atoms with E-state index in [0.29, 0.717) is 18.3 Å². The Hall–Kier alpha value is -0.700. The smallest absolute Gasteiger partial charge is 0.130 e. The maximum absolute atomic E-state index is 11.6. The van der Waals surface area contributed by atoms with Gasteiger partial charge in [-0.05, 0) is 38.5 Å². The topological polar surface area (TPSA) is 43.4 Å². The lowest BCUT2D eigenvalue weighted by atomic mass is 9.62. The highest BCUT2D eigenvalue weighted by Gasteiger charge is 2.70. The molecule has 2 aliphatic heterocycles. The summed E-state index contributed by atoms with van der Waals surface area (Å²) in [6.07, 6.45) is 3.47. The molecule has 0 aromatic heterocycles. The zero-order valence-electron chi connectivity index (χ0n) is 10.7. The maximum Gasteiger partial charge on any atom is 0.130 e. The minimum atomic E-state index is -0.277. The molecule has 2 saturated carbocycles. The van der Waals surface area contributed by atoms with Crippen molar-refractivity contribution in [3.8, 4) is 0 Å². The van der Waals surface area contributed by atoms with E-state index in [2.05, 4.69) is 13.8 Å². The van der Waals surface area contributed by atoms with Crippen LogP contribution >= 0.6 is 0 Å². The van der Waals surface area contributed by atoms with E-state index in [0.717, 1.165) is 19.1 Å². The molecule has 5 unspecified atom stereocenters. The summed E-state index contributed by atoms with van der Waals surface area (Å²) in [5.74, 6) is 1.27. The van der Waals surface area contributed by atoms with Gasteiger partial charge in [0.05, 0.1) is 11.7 Å². The first kappa shape index (κ1) is 11.4. The van der Waals surface area contributed by atoms with Gasteiger partial charge in [-0.3, -0.25) is 0 Å². The lowest BCUT2D eigenvalue weighted by Crippen LogP contribution is -2.48. The molecule has 4 bridgehead atoms. The molecule has 2 aliphatic carbocycles. The zero-order valence-corrected chi connectivity index (χ0v) is 10.7. The van der Waals surface area contributed by atoms with E-state index in [1.807, 2.05) is 0 Å². The average Bonchev–Trinajstić information content (AvgIpc) is 2.61. The van der Waals surface area contributed by atoms with Gasteiger partial charge in [0, 0.05) is 17.8 Å². The lowest BCUT2D eigenvalue weighted by Gasteiger charge is -2.45. The van der Waals surface area contributed by atoms with E-state index in [9.17, 15) is 9.59 Å². The molecule has 2 saturated heterocycles. The predicted octanol–water partition coefficient (Wildman–Crippen LogP) is 1.98. The van der Waals surface area contributed by atoms with Crippen molar-refractivity contribution in [3.63, 3.8) is 0 Å². The largest absolute Gasteiger partial charge is 0.371 e. The summed E-state index contributed by atoms with van der Waals surface area (Å²) in [6.45, 7) is 5.97. The van der Waals surface area contributed by atoms with Gasteiger partial charge in [0.2, 0.25) is 0 Å². The monoisotopic (exact) mass is 236 g/mol. The van der Waals surface area contributed by atoms with Crippen LogP contribution in [0.3, 0.4) is 0 Å². The average molecular weight is 236 g/mol. The first-order valence-corrected chi connectivity index (χ1v) is 6.55. The normalized spacial score (nSPS) is 55.2. The molecule has 0 radical (unpaired) electrons. The van der Waals surface area contributed by atoms with Gasteiger partial charge in [-0.25, -0.2) is 0 Å². The van der Waals surface area contributed by atoms with E-state index < -0.39 is 0 Å². The van der Waals surface area contributed by atoms with Crippen LogP contribution in [0.4, 0.5) is 0 Å². The van der Waals surface area contributed by atoms with E-state index in [1.165, 1.54) is 0 Å². The highest BCUT2D eigenvalue weighted by molar-refractivity contribution is 5.77. The molecule has 4 aliphatic rings. The molecule has 3 nitrogen and oxygen atoms in total. The minimum Gasteiger partial charge on any atom is -0.371 e. The molecular weight excluding hydrogens is 216 g/mol. The first-order chi connectivity index (χ1) is 7.92. The lowest BCUT2D eigenvalue weighted by molar-refractivity contribution is -0.156. The fraction of sp³-hybridized carbons (Fsp3) is 0.857. The summed E-state index contributed by atoms with van der Waals surface area (Å²) in [5, 5.41) is 0. The van der Waals surface area contributed by atoms with Crippen molar-refractivity contribution in [2.45, 2.75) is 51.7 Å². The molecule has 0 aromatic carbocycles. The second-order valence-electron chi connectivity index (χ2n) is 6.61. The fourth-order valence-electron chi connectivity index (χ4n) is 4.86. The summed E-state index contributed by atoms with van der Waals surface area (Å²) in [7, 11) is 0. The Bertz CT molecular complexity index is 391. The number of ketones is 1. The highest BCUT2D eigenvalue weighted by Crippen LogP contribution is 2.67. The van der Waals surface area contributed by atoms with Crippen LogP contribution in [-0.2, 0) is 14.3 Å². The Balaban J connectivity index is 2.00. The Morgan fingerprint density at radius 3 is 2.76 bits per heavy atom. The number of aldehydes is 1. The van der Waals surface area contributed by atoms with Gasteiger partial charge in [0.25, 0.3) is 0 Å². The van der Waals surface area contributed by atoms with Gasteiger partial charge in [0.15, 0.2) is 0 Å².